The number of hydrogen-bond acceptors (Lipinski definition) is 3. The van der Waals surface area contributed by atoms with Gasteiger partial charge in [-0.3, -0.25) is 0 Å². The monoisotopic (exact) mass is 255 g/mol. The summed E-state index contributed by atoms with van der Waals surface area (Å²) in [5.41, 5.74) is -1.21. The van der Waals surface area contributed by atoms with Gasteiger partial charge in [-0.25, -0.2) is 19.3 Å². The lowest BCUT2D eigenvalue weighted by molar-refractivity contribution is -0.145. The maximum atomic E-state index is 11.9. The van der Waals surface area contributed by atoms with Gasteiger partial charge < -0.3 is 15.7 Å². The molecule has 0 aromatic rings. The molecule has 0 aromatic carbocycles. The highest BCUT2D eigenvalue weighted by Gasteiger charge is 2.42. The molecular formula is C11H17N3O4. The standard InChI is InChI=1S/C11H17N3O4/c15-8(16)11(4-2-1-3-5-11)13-10(18)14-7-6-12-9(14)17/h1-7H2,(H,12,17)(H,13,18)(H,15,16). The third kappa shape index (κ3) is 2.25. The number of aliphatic carboxylic acids is 1. The van der Waals surface area contributed by atoms with Crippen molar-refractivity contribution in [2.45, 2.75) is 37.6 Å². The molecule has 2 aliphatic rings. The van der Waals surface area contributed by atoms with Crippen molar-refractivity contribution < 1.29 is 19.5 Å². The minimum absolute atomic E-state index is 0.278. The van der Waals surface area contributed by atoms with Crippen LogP contribution in [0.15, 0.2) is 0 Å². The van der Waals surface area contributed by atoms with Crippen LogP contribution < -0.4 is 10.6 Å². The highest BCUT2D eigenvalue weighted by atomic mass is 16.4. The van der Waals surface area contributed by atoms with Crippen molar-refractivity contribution >= 4 is 18.0 Å². The number of imide groups is 1. The summed E-state index contributed by atoms with van der Waals surface area (Å²) >= 11 is 0. The second-order valence-corrected chi connectivity index (χ2v) is 4.76. The van der Waals surface area contributed by atoms with Gasteiger partial charge >= 0.3 is 18.0 Å². The molecule has 0 atom stereocenters. The molecule has 2 rings (SSSR count). The Kier molecular flexibility index (Phi) is 3.40. The van der Waals surface area contributed by atoms with Crippen LogP contribution in [0.2, 0.25) is 0 Å². The number of nitrogens with one attached hydrogen (secondary N) is 2. The fourth-order valence-corrected chi connectivity index (χ4v) is 2.49. The van der Waals surface area contributed by atoms with Crippen molar-refractivity contribution in [3.63, 3.8) is 0 Å². The first-order valence-electron chi connectivity index (χ1n) is 6.16. The number of rotatable bonds is 2. The summed E-state index contributed by atoms with van der Waals surface area (Å²) in [6.45, 7) is 0.687. The van der Waals surface area contributed by atoms with Crippen LogP contribution in [0.3, 0.4) is 0 Å². The fraction of sp³-hybridized carbons (Fsp3) is 0.727. The summed E-state index contributed by atoms with van der Waals surface area (Å²) in [5.74, 6) is -1.02. The highest BCUT2D eigenvalue weighted by Crippen LogP contribution is 2.28. The van der Waals surface area contributed by atoms with Gasteiger partial charge in [-0.05, 0) is 12.8 Å². The van der Waals surface area contributed by atoms with Crippen molar-refractivity contribution in [2.24, 2.45) is 0 Å². The quantitative estimate of drug-likeness (QED) is 0.669. The van der Waals surface area contributed by atoms with Crippen LogP contribution in [0.4, 0.5) is 9.59 Å². The summed E-state index contributed by atoms with van der Waals surface area (Å²) < 4.78 is 0. The van der Waals surface area contributed by atoms with Gasteiger partial charge in [0.25, 0.3) is 0 Å². The van der Waals surface area contributed by atoms with Crippen molar-refractivity contribution in [1.29, 1.82) is 0 Å². The average Bonchev–Trinajstić information content (AvgIpc) is 2.76. The van der Waals surface area contributed by atoms with E-state index in [2.05, 4.69) is 10.6 Å². The Balaban J connectivity index is 2.07. The molecule has 100 valence electrons. The first-order valence-corrected chi connectivity index (χ1v) is 6.16. The van der Waals surface area contributed by atoms with Crippen LogP contribution in [0.1, 0.15) is 32.1 Å². The van der Waals surface area contributed by atoms with E-state index in [1.54, 1.807) is 0 Å². The van der Waals surface area contributed by atoms with Gasteiger partial charge in [0.1, 0.15) is 5.54 Å². The van der Waals surface area contributed by atoms with Gasteiger partial charge in [-0.15, -0.1) is 0 Å². The molecule has 18 heavy (non-hydrogen) atoms. The van der Waals surface area contributed by atoms with Crippen LogP contribution in [0, 0.1) is 0 Å². The summed E-state index contributed by atoms with van der Waals surface area (Å²) in [6.07, 6.45) is 3.37. The van der Waals surface area contributed by atoms with E-state index in [-0.39, 0.29) is 6.54 Å². The van der Waals surface area contributed by atoms with Crippen LogP contribution in [0.25, 0.3) is 0 Å². The molecule has 1 aliphatic heterocycles. The number of nitrogens with zero attached hydrogens (tertiary/aromatic N) is 1. The molecule has 4 amide bonds. The van der Waals surface area contributed by atoms with Crippen LogP contribution in [0.5, 0.6) is 0 Å². The molecule has 1 aliphatic carbocycles. The molecule has 0 radical (unpaired) electrons. The fourth-order valence-electron chi connectivity index (χ4n) is 2.49. The summed E-state index contributed by atoms with van der Waals surface area (Å²) in [5, 5.41) is 14.4. The van der Waals surface area contributed by atoms with Crippen molar-refractivity contribution in [3.8, 4) is 0 Å². The maximum Gasteiger partial charge on any atom is 0.329 e. The Morgan fingerprint density at radius 3 is 2.44 bits per heavy atom. The van der Waals surface area contributed by atoms with Gasteiger partial charge in [0.2, 0.25) is 0 Å². The summed E-state index contributed by atoms with van der Waals surface area (Å²) in [4.78, 5) is 35.7. The number of urea groups is 2. The lowest BCUT2D eigenvalue weighted by atomic mass is 9.82. The molecule has 0 spiro atoms. The van der Waals surface area contributed by atoms with Gasteiger partial charge in [0.15, 0.2) is 0 Å². The lowest BCUT2D eigenvalue weighted by Gasteiger charge is -2.34. The second-order valence-electron chi connectivity index (χ2n) is 4.76. The van der Waals surface area contributed by atoms with E-state index in [0.29, 0.717) is 19.4 Å². The van der Waals surface area contributed by atoms with E-state index < -0.39 is 23.6 Å². The third-order valence-corrected chi connectivity index (χ3v) is 3.56. The first kappa shape index (κ1) is 12.7. The van der Waals surface area contributed by atoms with Gasteiger partial charge in [0.05, 0.1) is 0 Å². The second kappa shape index (κ2) is 4.83. The highest BCUT2D eigenvalue weighted by molar-refractivity contribution is 5.97. The predicted molar refractivity (Wildman–Crippen MR) is 62.1 cm³/mol. The van der Waals surface area contributed by atoms with E-state index in [9.17, 15) is 19.5 Å². The van der Waals surface area contributed by atoms with Gasteiger partial charge in [-0.1, -0.05) is 19.3 Å². The molecule has 3 N–H and O–H groups in total. The summed E-state index contributed by atoms with van der Waals surface area (Å²) in [7, 11) is 0. The molecule has 7 heteroatoms. The van der Waals surface area contributed by atoms with Crippen molar-refractivity contribution in [3.05, 3.63) is 0 Å². The zero-order chi connectivity index (χ0) is 13.2. The number of carboxylic acids is 1. The van der Waals surface area contributed by atoms with Crippen molar-refractivity contribution in [2.75, 3.05) is 13.1 Å². The number of carbonyl (C=O) groups excluding carboxylic acids is 2. The van der Waals surface area contributed by atoms with E-state index >= 15 is 0 Å². The van der Waals surface area contributed by atoms with E-state index in [1.807, 2.05) is 0 Å². The Labute approximate surface area is 105 Å². The number of amides is 4. The molecule has 1 saturated carbocycles. The topological polar surface area (TPSA) is 98.7 Å². The third-order valence-electron chi connectivity index (χ3n) is 3.56. The average molecular weight is 255 g/mol. The maximum absolute atomic E-state index is 11.9. The molecule has 0 aromatic heterocycles. The summed E-state index contributed by atoms with van der Waals surface area (Å²) in [6, 6.07) is -1.09. The van der Waals surface area contributed by atoms with Crippen molar-refractivity contribution in [1.82, 2.24) is 15.5 Å². The molecule has 0 bridgehead atoms. The molecule has 1 saturated heterocycles. The molecule has 7 nitrogen and oxygen atoms in total. The molecular weight excluding hydrogens is 238 g/mol. The molecule has 1 heterocycles. The zero-order valence-electron chi connectivity index (χ0n) is 10.1. The first-order chi connectivity index (χ1) is 8.55. The van der Waals surface area contributed by atoms with E-state index in [4.69, 9.17) is 0 Å². The number of carbonyl (C=O) groups is 3. The molecule has 2 fully saturated rings. The Hall–Kier alpha value is -1.79. The van der Waals surface area contributed by atoms with Crippen LogP contribution in [-0.2, 0) is 4.79 Å². The Bertz CT molecular complexity index is 376. The normalized spacial score (nSPS) is 22.4. The minimum atomic E-state index is -1.21. The minimum Gasteiger partial charge on any atom is -0.480 e. The SMILES string of the molecule is O=C1NCCN1C(=O)NC1(C(=O)O)CCCCC1. The predicted octanol–water partition coefficient (Wildman–Crippen LogP) is 0.509. The smallest absolute Gasteiger partial charge is 0.329 e. The largest absolute Gasteiger partial charge is 0.480 e. The zero-order valence-corrected chi connectivity index (χ0v) is 10.1. The Morgan fingerprint density at radius 1 is 1.28 bits per heavy atom. The lowest BCUT2D eigenvalue weighted by Crippen LogP contribution is -2.59. The number of hydrogen-bond donors (Lipinski definition) is 3. The molecule has 0 unspecified atom stereocenters. The van der Waals surface area contributed by atoms with Gasteiger partial charge in [0, 0.05) is 13.1 Å². The van der Waals surface area contributed by atoms with Crippen LogP contribution >= 0.6 is 0 Å². The van der Waals surface area contributed by atoms with E-state index in [1.165, 1.54) is 0 Å². The number of carboxylic acid groups (broad SMARTS) is 1. The Morgan fingerprint density at radius 2 is 1.94 bits per heavy atom. The van der Waals surface area contributed by atoms with Crippen LogP contribution in [-0.4, -0.2) is 46.7 Å². The van der Waals surface area contributed by atoms with Gasteiger partial charge in [-0.2, -0.15) is 0 Å². The van der Waals surface area contributed by atoms with E-state index in [0.717, 1.165) is 24.2 Å².